The van der Waals surface area contributed by atoms with Gasteiger partial charge >= 0.3 is 5.97 Å². The molecule has 0 bridgehead atoms. The lowest BCUT2D eigenvalue weighted by Crippen LogP contribution is -2.27. The fraction of sp³-hybridized carbons (Fsp3) is 0.300. The van der Waals surface area contributed by atoms with Crippen LogP contribution in [0.4, 0.5) is 5.82 Å². The van der Waals surface area contributed by atoms with Crippen LogP contribution in [0, 0.1) is 6.92 Å². The summed E-state index contributed by atoms with van der Waals surface area (Å²) in [7, 11) is 1.27. The molecule has 0 spiro atoms. The number of hydrogen-bond donors (Lipinski definition) is 1. The van der Waals surface area contributed by atoms with E-state index in [9.17, 15) is 9.59 Å². The van der Waals surface area contributed by atoms with Crippen molar-refractivity contribution in [1.82, 2.24) is 4.98 Å². The number of ether oxygens (including phenoxy) is 2. The first kappa shape index (κ1) is 10.4. The molecule has 6 heteroatoms. The molecule has 6 nitrogen and oxygen atoms in total. The van der Waals surface area contributed by atoms with E-state index < -0.39 is 5.97 Å². The minimum atomic E-state index is -0.550. The minimum absolute atomic E-state index is 0.0346. The molecule has 0 fully saturated rings. The summed E-state index contributed by atoms with van der Waals surface area (Å²) in [6.07, 6.45) is 0. The summed E-state index contributed by atoms with van der Waals surface area (Å²) in [5.74, 6) is -0.0870. The number of nitrogens with zero attached hydrogens (tertiary/aromatic N) is 1. The summed E-state index contributed by atoms with van der Waals surface area (Å²) < 4.78 is 9.76. The van der Waals surface area contributed by atoms with Crippen LogP contribution in [0.15, 0.2) is 6.07 Å². The third-order valence-corrected chi connectivity index (χ3v) is 2.16. The third-order valence-electron chi connectivity index (χ3n) is 2.16. The molecule has 84 valence electrons. The molecule has 0 aromatic carbocycles. The van der Waals surface area contributed by atoms with E-state index in [-0.39, 0.29) is 24.0 Å². The number of aromatic nitrogens is 1. The van der Waals surface area contributed by atoms with Gasteiger partial charge in [0, 0.05) is 0 Å². The van der Waals surface area contributed by atoms with Gasteiger partial charge in [0.2, 0.25) is 0 Å². The SMILES string of the molecule is COC(=O)c1cc(C)c2c(n1)NC(=O)CO2. The van der Waals surface area contributed by atoms with Crippen molar-refractivity contribution in [3.8, 4) is 5.75 Å². The van der Waals surface area contributed by atoms with Gasteiger partial charge in [-0.2, -0.15) is 0 Å². The molecule has 0 aliphatic carbocycles. The lowest BCUT2D eigenvalue weighted by Gasteiger charge is -2.19. The van der Waals surface area contributed by atoms with Crippen molar-refractivity contribution in [2.45, 2.75) is 6.92 Å². The van der Waals surface area contributed by atoms with Crippen molar-refractivity contribution < 1.29 is 19.1 Å². The zero-order valence-corrected chi connectivity index (χ0v) is 8.86. The van der Waals surface area contributed by atoms with Crippen LogP contribution in [0.5, 0.6) is 5.75 Å². The Morgan fingerprint density at radius 1 is 1.62 bits per heavy atom. The smallest absolute Gasteiger partial charge is 0.356 e. The van der Waals surface area contributed by atoms with Crippen molar-refractivity contribution in [1.29, 1.82) is 0 Å². The Morgan fingerprint density at radius 2 is 2.38 bits per heavy atom. The van der Waals surface area contributed by atoms with Gasteiger partial charge in [-0.3, -0.25) is 4.79 Å². The zero-order valence-electron chi connectivity index (χ0n) is 8.86. The van der Waals surface area contributed by atoms with E-state index >= 15 is 0 Å². The van der Waals surface area contributed by atoms with Crippen LogP contribution >= 0.6 is 0 Å². The highest BCUT2D eigenvalue weighted by Crippen LogP contribution is 2.29. The van der Waals surface area contributed by atoms with E-state index in [4.69, 9.17) is 4.74 Å². The van der Waals surface area contributed by atoms with E-state index in [0.717, 1.165) is 5.56 Å². The molecular formula is C10H10N2O4. The molecule has 0 radical (unpaired) electrons. The number of fused-ring (bicyclic) bond motifs is 1. The van der Waals surface area contributed by atoms with Crippen LogP contribution in [0.3, 0.4) is 0 Å². The summed E-state index contributed by atoms with van der Waals surface area (Å²) >= 11 is 0. The van der Waals surface area contributed by atoms with E-state index in [1.54, 1.807) is 13.0 Å². The van der Waals surface area contributed by atoms with Crippen LogP contribution < -0.4 is 10.1 Å². The number of esters is 1. The maximum Gasteiger partial charge on any atom is 0.356 e. The van der Waals surface area contributed by atoms with Crippen molar-refractivity contribution in [2.24, 2.45) is 0 Å². The number of rotatable bonds is 1. The van der Waals surface area contributed by atoms with Crippen LogP contribution in [-0.2, 0) is 9.53 Å². The summed E-state index contributed by atoms with van der Waals surface area (Å²) in [5.41, 5.74) is 0.870. The molecule has 2 rings (SSSR count). The quantitative estimate of drug-likeness (QED) is 0.700. The second kappa shape index (κ2) is 3.80. The Kier molecular flexibility index (Phi) is 2.47. The average molecular weight is 222 g/mol. The van der Waals surface area contributed by atoms with E-state index in [0.29, 0.717) is 5.75 Å². The van der Waals surface area contributed by atoms with E-state index in [1.807, 2.05) is 0 Å². The second-order valence-corrected chi connectivity index (χ2v) is 3.33. The standard InChI is InChI=1S/C10H10N2O4/c1-5-3-6(10(14)15-2)11-9-8(5)16-4-7(13)12-9/h3H,4H2,1-2H3,(H,11,12,13). The van der Waals surface area contributed by atoms with Gasteiger partial charge < -0.3 is 14.8 Å². The van der Waals surface area contributed by atoms with Gasteiger partial charge in [0.25, 0.3) is 5.91 Å². The molecule has 0 saturated heterocycles. The Hall–Kier alpha value is -2.11. The maximum atomic E-state index is 11.3. The summed E-state index contributed by atoms with van der Waals surface area (Å²) in [4.78, 5) is 26.4. The Morgan fingerprint density at radius 3 is 3.06 bits per heavy atom. The Balaban J connectivity index is 2.47. The summed E-state index contributed by atoms with van der Waals surface area (Å²) in [6.45, 7) is 1.73. The monoisotopic (exact) mass is 222 g/mol. The van der Waals surface area contributed by atoms with Gasteiger partial charge in [-0.1, -0.05) is 0 Å². The number of pyridine rings is 1. The van der Waals surface area contributed by atoms with Gasteiger partial charge in [0.15, 0.2) is 23.9 Å². The molecule has 2 heterocycles. The van der Waals surface area contributed by atoms with Crippen LogP contribution in [-0.4, -0.2) is 30.6 Å². The fourth-order valence-corrected chi connectivity index (χ4v) is 1.44. The first-order valence-corrected chi connectivity index (χ1v) is 4.64. The summed E-state index contributed by atoms with van der Waals surface area (Å²) in [6, 6.07) is 1.56. The number of amides is 1. The van der Waals surface area contributed by atoms with Gasteiger partial charge in [-0.25, -0.2) is 9.78 Å². The molecule has 1 aliphatic heterocycles. The van der Waals surface area contributed by atoms with Crippen molar-refractivity contribution in [3.05, 3.63) is 17.3 Å². The third kappa shape index (κ3) is 1.69. The van der Waals surface area contributed by atoms with Crippen LogP contribution in [0.2, 0.25) is 0 Å². The van der Waals surface area contributed by atoms with Crippen molar-refractivity contribution >= 4 is 17.7 Å². The van der Waals surface area contributed by atoms with Gasteiger partial charge in [0.1, 0.15) is 0 Å². The predicted octanol–water partition coefficient (Wildman–Crippen LogP) is 0.508. The van der Waals surface area contributed by atoms with Gasteiger partial charge in [-0.15, -0.1) is 0 Å². The molecule has 0 atom stereocenters. The second-order valence-electron chi connectivity index (χ2n) is 3.33. The topological polar surface area (TPSA) is 77.5 Å². The molecular weight excluding hydrogens is 212 g/mol. The molecule has 1 aromatic rings. The summed E-state index contributed by atoms with van der Waals surface area (Å²) in [5, 5.41) is 2.54. The number of carbonyl (C=O) groups excluding carboxylic acids is 2. The van der Waals surface area contributed by atoms with E-state index in [1.165, 1.54) is 7.11 Å². The molecule has 1 aromatic heterocycles. The number of methoxy groups -OCH3 is 1. The molecule has 0 unspecified atom stereocenters. The molecule has 1 amide bonds. The Labute approximate surface area is 91.6 Å². The molecule has 1 N–H and O–H groups in total. The number of anilines is 1. The first-order valence-electron chi connectivity index (χ1n) is 4.64. The van der Waals surface area contributed by atoms with Crippen LogP contribution in [0.1, 0.15) is 16.1 Å². The molecule has 1 aliphatic rings. The first-order chi connectivity index (χ1) is 7.61. The minimum Gasteiger partial charge on any atom is -0.480 e. The van der Waals surface area contributed by atoms with Crippen molar-refractivity contribution in [3.63, 3.8) is 0 Å². The normalized spacial score (nSPS) is 13.5. The van der Waals surface area contributed by atoms with Gasteiger partial charge in [0.05, 0.1) is 7.11 Å². The van der Waals surface area contributed by atoms with Crippen molar-refractivity contribution in [2.75, 3.05) is 19.0 Å². The highest BCUT2D eigenvalue weighted by Gasteiger charge is 2.22. The molecule has 0 saturated carbocycles. The van der Waals surface area contributed by atoms with Gasteiger partial charge in [-0.05, 0) is 18.6 Å². The predicted molar refractivity (Wildman–Crippen MR) is 54.4 cm³/mol. The maximum absolute atomic E-state index is 11.3. The number of aryl methyl sites for hydroxylation is 1. The highest BCUT2D eigenvalue weighted by atomic mass is 16.5. The number of hydrogen-bond acceptors (Lipinski definition) is 5. The fourth-order valence-electron chi connectivity index (χ4n) is 1.44. The zero-order chi connectivity index (χ0) is 11.7. The number of nitrogens with one attached hydrogen (secondary N) is 1. The lowest BCUT2D eigenvalue weighted by molar-refractivity contribution is -0.118. The highest BCUT2D eigenvalue weighted by molar-refractivity contribution is 5.96. The van der Waals surface area contributed by atoms with E-state index in [2.05, 4.69) is 15.0 Å². The lowest BCUT2D eigenvalue weighted by atomic mass is 10.2. The van der Waals surface area contributed by atoms with Crippen LogP contribution in [0.25, 0.3) is 0 Å². The Bertz CT molecular complexity index is 470. The largest absolute Gasteiger partial charge is 0.480 e. The molecule has 16 heavy (non-hydrogen) atoms. The number of carbonyl (C=O) groups is 2. The average Bonchev–Trinajstić information content (AvgIpc) is 2.27.